The number of carboxylic acid groups (broad SMARTS) is 1. The molecule has 0 spiro atoms. The molecule has 1 saturated heterocycles. The van der Waals surface area contributed by atoms with Crippen molar-refractivity contribution < 1.29 is 48.0 Å². The van der Waals surface area contributed by atoms with E-state index >= 15 is 0 Å². The van der Waals surface area contributed by atoms with Gasteiger partial charge in [-0.2, -0.15) is 0 Å². The lowest BCUT2D eigenvalue weighted by molar-refractivity contribution is -0.365. The van der Waals surface area contributed by atoms with Crippen molar-refractivity contribution in [1.29, 1.82) is 0 Å². The van der Waals surface area contributed by atoms with Crippen LogP contribution < -0.4 is 0 Å². The number of hydrogen-bond donors (Lipinski definition) is 1. The SMILES string of the molecule is Brc1cccs1.CC[C@H]1OC(OC)(c2ccc(Cl)c(C(=O)O)c2)[C@H](OC(C)=O)[C@@H](OC(C)=O)[C@@H]1OC(C)=O. The second-order valence-corrected chi connectivity index (χ2v) is 10.8. The van der Waals surface area contributed by atoms with Gasteiger partial charge in [-0.25, -0.2) is 4.79 Å². The van der Waals surface area contributed by atoms with E-state index in [1.165, 1.54) is 36.0 Å². The molecule has 2 heterocycles. The highest BCUT2D eigenvalue weighted by Crippen LogP contribution is 2.44. The number of benzene rings is 1. The highest BCUT2D eigenvalue weighted by molar-refractivity contribution is 9.11. The predicted octanol–water partition coefficient (Wildman–Crippen LogP) is 4.95. The summed E-state index contributed by atoms with van der Waals surface area (Å²) in [6.07, 6.45) is -4.47. The molecule has 1 aliphatic rings. The van der Waals surface area contributed by atoms with Crippen molar-refractivity contribution in [3.63, 3.8) is 0 Å². The first-order valence-corrected chi connectivity index (χ1v) is 13.4. The molecular formula is C25H28BrClO10S. The van der Waals surface area contributed by atoms with Gasteiger partial charge in [-0.3, -0.25) is 14.4 Å². The smallest absolute Gasteiger partial charge is 0.337 e. The summed E-state index contributed by atoms with van der Waals surface area (Å²) in [7, 11) is 1.26. The molecule has 0 radical (unpaired) electrons. The van der Waals surface area contributed by atoms with Crippen LogP contribution in [0.15, 0.2) is 39.5 Å². The molecule has 13 heteroatoms. The minimum Gasteiger partial charge on any atom is -0.478 e. The lowest BCUT2D eigenvalue weighted by Crippen LogP contribution is -2.66. The van der Waals surface area contributed by atoms with Crippen molar-refractivity contribution in [2.24, 2.45) is 0 Å². The summed E-state index contributed by atoms with van der Waals surface area (Å²) in [4.78, 5) is 47.3. The van der Waals surface area contributed by atoms with Crippen LogP contribution in [0.25, 0.3) is 0 Å². The lowest BCUT2D eigenvalue weighted by Gasteiger charge is -2.50. The van der Waals surface area contributed by atoms with E-state index in [1.807, 2.05) is 17.5 Å². The minimum absolute atomic E-state index is 0.0336. The molecule has 1 aromatic carbocycles. The Morgan fingerprint density at radius 3 is 2.08 bits per heavy atom. The van der Waals surface area contributed by atoms with Crippen LogP contribution in [0, 0.1) is 0 Å². The van der Waals surface area contributed by atoms with E-state index in [0.717, 1.165) is 13.8 Å². The maximum atomic E-state index is 12.0. The molecule has 1 unspecified atom stereocenters. The van der Waals surface area contributed by atoms with Gasteiger partial charge in [0, 0.05) is 33.4 Å². The maximum absolute atomic E-state index is 12.0. The topological polar surface area (TPSA) is 135 Å². The summed E-state index contributed by atoms with van der Waals surface area (Å²) in [5, 5.41) is 11.5. The molecule has 0 bridgehead atoms. The van der Waals surface area contributed by atoms with Crippen molar-refractivity contribution in [2.45, 2.75) is 64.3 Å². The fourth-order valence-corrected chi connectivity index (χ4v) is 5.05. The largest absolute Gasteiger partial charge is 0.478 e. The van der Waals surface area contributed by atoms with Gasteiger partial charge in [-0.1, -0.05) is 30.7 Å². The van der Waals surface area contributed by atoms with E-state index in [9.17, 15) is 24.3 Å². The number of thiophene rings is 1. The molecule has 0 amide bonds. The van der Waals surface area contributed by atoms with Gasteiger partial charge < -0.3 is 28.8 Å². The number of carbonyl (C=O) groups excluding carboxylic acids is 3. The third-order valence-electron chi connectivity index (χ3n) is 5.38. The van der Waals surface area contributed by atoms with E-state index in [2.05, 4.69) is 15.9 Å². The van der Waals surface area contributed by atoms with Crippen LogP contribution in [0.4, 0.5) is 0 Å². The number of carbonyl (C=O) groups is 4. The van der Waals surface area contributed by atoms with Crippen LogP contribution >= 0.6 is 38.9 Å². The maximum Gasteiger partial charge on any atom is 0.337 e. The van der Waals surface area contributed by atoms with Crippen LogP contribution in [0.3, 0.4) is 0 Å². The van der Waals surface area contributed by atoms with Crippen molar-refractivity contribution in [3.05, 3.63) is 55.6 Å². The third-order valence-corrected chi connectivity index (χ3v) is 7.19. The number of methoxy groups -OCH3 is 1. The first kappa shape index (κ1) is 31.7. The molecule has 1 fully saturated rings. The van der Waals surface area contributed by atoms with Crippen LogP contribution in [-0.2, 0) is 43.9 Å². The van der Waals surface area contributed by atoms with Gasteiger partial charge in [-0.15, -0.1) is 11.3 Å². The van der Waals surface area contributed by atoms with Gasteiger partial charge in [0.25, 0.3) is 0 Å². The van der Waals surface area contributed by atoms with Crippen molar-refractivity contribution >= 4 is 62.7 Å². The van der Waals surface area contributed by atoms with E-state index in [-0.39, 0.29) is 22.6 Å². The van der Waals surface area contributed by atoms with E-state index in [4.69, 9.17) is 35.3 Å². The molecule has 2 aromatic rings. The molecule has 3 rings (SSSR count). The zero-order chi connectivity index (χ0) is 28.6. The zero-order valence-electron chi connectivity index (χ0n) is 21.3. The summed E-state index contributed by atoms with van der Waals surface area (Å²) < 4.78 is 29.3. The van der Waals surface area contributed by atoms with Gasteiger partial charge in [0.1, 0.15) is 6.10 Å². The Labute approximate surface area is 237 Å². The minimum atomic E-state index is -1.90. The predicted molar refractivity (Wildman–Crippen MR) is 141 cm³/mol. The molecule has 38 heavy (non-hydrogen) atoms. The summed E-state index contributed by atoms with van der Waals surface area (Å²) in [6, 6.07) is 8.02. The molecule has 1 aromatic heterocycles. The Kier molecular flexibility index (Phi) is 11.7. The van der Waals surface area contributed by atoms with E-state index in [1.54, 1.807) is 18.3 Å². The summed E-state index contributed by atoms with van der Waals surface area (Å²) in [6.45, 7) is 5.19. The highest BCUT2D eigenvalue weighted by atomic mass is 79.9. The molecule has 0 saturated carbocycles. The summed E-state index contributed by atoms with van der Waals surface area (Å²) >= 11 is 11.0. The Morgan fingerprint density at radius 2 is 1.66 bits per heavy atom. The van der Waals surface area contributed by atoms with Gasteiger partial charge >= 0.3 is 23.9 Å². The Bertz CT molecular complexity index is 1140. The van der Waals surface area contributed by atoms with Crippen molar-refractivity contribution in [2.75, 3.05) is 7.11 Å². The zero-order valence-corrected chi connectivity index (χ0v) is 24.4. The third kappa shape index (κ3) is 7.76. The fourth-order valence-electron chi connectivity index (χ4n) is 3.93. The number of hydrogen-bond acceptors (Lipinski definition) is 10. The number of carboxylic acids is 1. The van der Waals surface area contributed by atoms with Gasteiger partial charge in [-0.05, 0) is 45.9 Å². The lowest BCUT2D eigenvalue weighted by atomic mass is 9.86. The number of aromatic carboxylic acids is 1. The average Bonchev–Trinajstić information content (AvgIpc) is 3.32. The van der Waals surface area contributed by atoms with Crippen LogP contribution in [-0.4, -0.2) is 60.5 Å². The molecule has 0 aliphatic carbocycles. The fraction of sp³-hybridized carbons (Fsp3) is 0.440. The molecule has 1 N–H and O–H groups in total. The molecule has 1 aliphatic heterocycles. The highest BCUT2D eigenvalue weighted by Gasteiger charge is 2.61. The Hall–Kier alpha value is -2.51. The van der Waals surface area contributed by atoms with Crippen LogP contribution in [0.2, 0.25) is 5.02 Å². The summed E-state index contributed by atoms with van der Waals surface area (Å²) in [5.74, 6) is -5.36. The van der Waals surface area contributed by atoms with Crippen LogP contribution in [0.5, 0.6) is 0 Å². The quantitative estimate of drug-likeness (QED) is 0.329. The van der Waals surface area contributed by atoms with Crippen LogP contribution in [0.1, 0.15) is 50.0 Å². The van der Waals surface area contributed by atoms with Crippen molar-refractivity contribution in [3.8, 4) is 0 Å². The normalized spacial score (nSPS) is 24.4. The van der Waals surface area contributed by atoms with Gasteiger partial charge in [0.05, 0.1) is 14.4 Å². The molecule has 208 valence electrons. The van der Waals surface area contributed by atoms with Gasteiger partial charge in [0.15, 0.2) is 12.2 Å². The number of ether oxygens (including phenoxy) is 5. The first-order valence-electron chi connectivity index (χ1n) is 11.3. The van der Waals surface area contributed by atoms with E-state index < -0.39 is 54.1 Å². The molecule has 10 nitrogen and oxygen atoms in total. The second-order valence-electron chi connectivity index (χ2n) is 8.03. The molecular weight excluding hydrogens is 608 g/mol. The van der Waals surface area contributed by atoms with Crippen molar-refractivity contribution in [1.82, 2.24) is 0 Å². The van der Waals surface area contributed by atoms with E-state index in [0.29, 0.717) is 0 Å². The first-order chi connectivity index (χ1) is 17.9. The monoisotopic (exact) mass is 634 g/mol. The number of halogens is 2. The summed E-state index contributed by atoms with van der Waals surface area (Å²) in [5.41, 5.74) is -0.102. The number of esters is 3. The second kappa shape index (κ2) is 14.0. The Morgan fingerprint density at radius 1 is 1.05 bits per heavy atom. The Balaban J connectivity index is 0.000000739. The van der Waals surface area contributed by atoms with Gasteiger partial charge in [0.2, 0.25) is 11.9 Å². The average molecular weight is 636 g/mol. The standard InChI is InChI=1S/C21H25ClO10.C4H3BrS/c1-6-16-17(29-10(2)23)18(30-11(3)24)19(31-12(4)25)21(28-5,32-16)13-7-8-15(22)14(9-13)20(26)27;5-4-2-1-3-6-4/h7-9,16-19H,6H2,1-5H3,(H,26,27);1-3H/t16-,17-,18+,19-,21?;/m1./s1. The number of rotatable bonds is 7. The molecule has 5 atom stereocenters.